The van der Waals surface area contributed by atoms with Crippen molar-refractivity contribution in [3.05, 3.63) is 46.3 Å². The van der Waals surface area contributed by atoms with Gasteiger partial charge < -0.3 is 9.73 Å². The Kier molecular flexibility index (Phi) is 2.76. The van der Waals surface area contributed by atoms with E-state index in [-0.39, 0.29) is 11.6 Å². The predicted octanol–water partition coefficient (Wildman–Crippen LogP) is 1.84. The zero-order valence-corrected chi connectivity index (χ0v) is 9.15. The van der Waals surface area contributed by atoms with E-state index in [1.54, 1.807) is 13.2 Å². The number of nitrogens with zero attached hydrogens (tertiary/aromatic N) is 1. The van der Waals surface area contributed by atoms with Crippen LogP contribution in [-0.2, 0) is 0 Å². The van der Waals surface area contributed by atoms with Gasteiger partial charge in [0.05, 0.1) is 12.3 Å². The Bertz CT molecular complexity index is 516. The lowest BCUT2D eigenvalue weighted by Crippen LogP contribution is -2.15. The normalized spacial score (nSPS) is 12.4. The van der Waals surface area contributed by atoms with Crippen molar-refractivity contribution in [3.63, 3.8) is 0 Å². The lowest BCUT2D eigenvalue weighted by Gasteiger charge is -2.11. The summed E-state index contributed by atoms with van der Waals surface area (Å²) in [6.45, 7) is 3.71. The van der Waals surface area contributed by atoms with Crippen molar-refractivity contribution in [2.24, 2.45) is 0 Å². The molecular formula is C11H13N3O2. The molecule has 1 unspecified atom stereocenters. The summed E-state index contributed by atoms with van der Waals surface area (Å²) >= 11 is 0. The largest absolute Gasteiger partial charge is 0.467 e. The molecule has 0 amide bonds. The van der Waals surface area contributed by atoms with Crippen molar-refractivity contribution in [1.29, 1.82) is 0 Å². The van der Waals surface area contributed by atoms with Crippen molar-refractivity contribution < 1.29 is 4.42 Å². The molecule has 5 nitrogen and oxygen atoms in total. The number of hydrogen-bond acceptors (Lipinski definition) is 4. The smallest absolute Gasteiger partial charge is 0.252 e. The molecule has 2 aromatic heterocycles. The molecule has 0 radical (unpaired) electrons. The van der Waals surface area contributed by atoms with Crippen molar-refractivity contribution in [2.45, 2.75) is 19.9 Å². The number of H-pyrrole nitrogens is 1. The average molecular weight is 219 g/mol. The van der Waals surface area contributed by atoms with Crippen molar-refractivity contribution >= 4 is 5.95 Å². The second kappa shape index (κ2) is 4.22. The number of anilines is 1. The van der Waals surface area contributed by atoms with Crippen molar-refractivity contribution in [3.8, 4) is 0 Å². The second-order valence-electron chi connectivity index (χ2n) is 3.62. The zero-order chi connectivity index (χ0) is 11.5. The van der Waals surface area contributed by atoms with E-state index in [0.29, 0.717) is 11.6 Å². The van der Waals surface area contributed by atoms with Gasteiger partial charge in [-0.3, -0.25) is 9.78 Å². The Hall–Kier alpha value is -2.04. The molecule has 5 heteroatoms. The van der Waals surface area contributed by atoms with E-state index in [2.05, 4.69) is 15.3 Å². The Morgan fingerprint density at radius 1 is 1.56 bits per heavy atom. The molecule has 0 fully saturated rings. The highest BCUT2D eigenvalue weighted by molar-refractivity contribution is 5.28. The Morgan fingerprint density at radius 3 is 3.00 bits per heavy atom. The fourth-order valence-corrected chi connectivity index (χ4v) is 1.46. The van der Waals surface area contributed by atoms with Gasteiger partial charge in [0.2, 0.25) is 5.95 Å². The third-order valence-corrected chi connectivity index (χ3v) is 2.19. The van der Waals surface area contributed by atoms with Crippen LogP contribution in [-0.4, -0.2) is 9.97 Å². The molecule has 0 saturated heterocycles. The molecule has 0 saturated carbocycles. The molecule has 84 valence electrons. The molecule has 0 aliphatic carbocycles. The summed E-state index contributed by atoms with van der Waals surface area (Å²) < 4.78 is 5.25. The summed E-state index contributed by atoms with van der Waals surface area (Å²) in [4.78, 5) is 18.0. The lowest BCUT2D eigenvalue weighted by atomic mass is 10.2. The van der Waals surface area contributed by atoms with Gasteiger partial charge in [-0.25, -0.2) is 4.98 Å². The van der Waals surface area contributed by atoms with E-state index in [1.807, 2.05) is 19.1 Å². The van der Waals surface area contributed by atoms with E-state index in [1.165, 1.54) is 6.07 Å². The van der Waals surface area contributed by atoms with Gasteiger partial charge in [0.25, 0.3) is 5.56 Å². The number of aryl methyl sites for hydroxylation is 1. The SMILES string of the molecule is Cc1cc(=O)[nH]c(NC(C)c2ccco2)n1. The molecule has 0 aliphatic rings. The van der Waals surface area contributed by atoms with Crippen LogP contribution >= 0.6 is 0 Å². The first kappa shape index (κ1) is 10.5. The van der Waals surface area contributed by atoms with E-state index < -0.39 is 0 Å². The molecular weight excluding hydrogens is 206 g/mol. The maximum absolute atomic E-state index is 11.2. The maximum Gasteiger partial charge on any atom is 0.252 e. The number of rotatable bonds is 3. The number of aromatic amines is 1. The van der Waals surface area contributed by atoms with Gasteiger partial charge in [-0.2, -0.15) is 0 Å². The van der Waals surface area contributed by atoms with Gasteiger partial charge in [-0.1, -0.05) is 0 Å². The summed E-state index contributed by atoms with van der Waals surface area (Å²) in [5.41, 5.74) is 0.513. The molecule has 16 heavy (non-hydrogen) atoms. The summed E-state index contributed by atoms with van der Waals surface area (Å²) in [6, 6.07) is 5.09. The van der Waals surface area contributed by atoms with Gasteiger partial charge >= 0.3 is 0 Å². The molecule has 0 aliphatic heterocycles. The summed E-state index contributed by atoms with van der Waals surface area (Å²) in [5.74, 6) is 1.25. The van der Waals surface area contributed by atoms with Crippen LogP contribution in [0.2, 0.25) is 0 Å². The molecule has 0 bridgehead atoms. The predicted molar refractivity (Wildman–Crippen MR) is 60.3 cm³/mol. The lowest BCUT2D eigenvalue weighted by molar-refractivity contribution is 0.489. The first-order valence-corrected chi connectivity index (χ1v) is 5.03. The first-order valence-electron chi connectivity index (χ1n) is 5.03. The summed E-state index contributed by atoms with van der Waals surface area (Å²) in [7, 11) is 0. The summed E-state index contributed by atoms with van der Waals surface area (Å²) in [5, 5.41) is 3.07. The Morgan fingerprint density at radius 2 is 2.38 bits per heavy atom. The first-order chi connectivity index (χ1) is 7.65. The minimum Gasteiger partial charge on any atom is -0.467 e. The number of furan rings is 1. The highest BCUT2D eigenvalue weighted by atomic mass is 16.3. The van der Waals surface area contributed by atoms with E-state index >= 15 is 0 Å². The van der Waals surface area contributed by atoms with Gasteiger partial charge in [0.1, 0.15) is 5.76 Å². The van der Waals surface area contributed by atoms with Crippen molar-refractivity contribution in [2.75, 3.05) is 5.32 Å². The Labute approximate surface area is 92.5 Å². The third kappa shape index (κ3) is 2.31. The number of nitrogens with one attached hydrogen (secondary N) is 2. The molecule has 2 aromatic rings. The standard InChI is InChI=1S/C11H13N3O2/c1-7-6-10(15)14-11(12-7)13-8(2)9-4-3-5-16-9/h3-6,8H,1-2H3,(H2,12,13,14,15). The van der Waals surface area contributed by atoms with Crippen LogP contribution in [0.15, 0.2) is 33.7 Å². The van der Waals surface area contributed by atoms with E-state index in [4.69, 9.17) is 4.42 Å². The Balaban J connectivity index is 2.18. The number of hydrogen-bond donors (Lipinski definition) is 2. The van der Waals surface area contributed by atoms with Gasteiger partial charge in [0.15, 0.2) is 0 Å². The van der Waals surface area contributed by atoms with Crippen LogP contribution < -0.4 is 10.9 Å². The fourth-order valence-electron chi connectivity index (χ4n) is 1.46. The van der Waals surface area contributed by atoms with Gasteiger partial charge in [-0.15, -0.1) is 0 Å². The second-order valence-corrected chi connectivity index (χ2v) is 3.62. The highest BCUT2D eigenvalue weighted by Gasteiger charge is 2.09. The topological polar surface area (TPSA) is 70.9 Å². The minimum absolute atomic E-state index is 0.0417. The van der Waals surface area contributed by atoms with Crippen LogP contribution in [0.25, 0.3) is 0 Å². The molecule has 2 rings (SSSR count). The number of aromatic nitrogens is 2. The van der Waals surface area contributed by atoms with E-state index in [9.17, 15) is 4.79 Å². The average Bonchev–Trinajstić information content (AvgIpc) is 2.68. The van der Waals surface area contributed by atoms with Crippen LogP contribution in [0.5, 0.6) is 0 Å². The van der Waals surface area contributed by atoms with Crippen molar-refractivity contribution in [1.82, 2.24) is 9.97 Å². The van der Waals surface area contributed by atoms with Crippen LogP contribution in [0.4, 0.5) is 5.95 Å². The van der Waals surface area contributed by atoms with Gasteiger partial charge in [0, 0.05) is 11.8 Å². The minimum atomic E-state index is -0.165. The van der Waals surface area contributed by atoms with Crippen LogP contribution in [0, 0.1) is 6.92 Å². The maximum atomic E-state index is 11.2. The summed E-state index contributed by atoms with van der Waals surface area (Å²) in [6.07, 6.45) is 1.61. The zero-order valence-electron chi connectivity index (χ0n) is 9.15. The third-order valence-electron chi connectivity index (χ3n) is 2.19. The van der Waals surface area contributed by atoms with E-state index in [0.717, 1.165) is 5.76 Å². The molecule has 1 atom stereocenters. The molecule has 2 N–H and O–H groups in total. The molecule has 0 spiro atoms. The quantitative estimate of drug-likeness (QED) is 0.826. The monoisotopic (exact) mass is 219 g/mol. The van der Waals surface area contributed by atoms with Gasteiger partial charge in [-0.05, 0) is 26.0 Å². The molecule has 0 aromatic carbocycles. The highest BCUT2D eigenvalue weighted by Crippen LogP contribution is 2.16. The van der Waals surface area contributed by atoms with Crippen LogP contribution in [0.3, 0.4) is 0 Å². The fraction of sp³-hybridized carbons (Fsp3) is 0.273. The van der Waals surface area contributed by atoms with Crippen LogP contribution in [0.1, 0.15) is 24.4 Å². The molecule has 2 heterocycles.